The zero-order valence-electron chi connectivity index (χ0n) is 11.9. The molecule has 2 aliphatic rings. The Bertz CT molecular complexity index is 460. The average Bonchev–Trinajstić information content (AvgIpc) is 2.96. The van der Waals surface area contributed by atoms with Gasteiger partial charge in [-0.25, -0.2) is 0 Å². The Morgan fingerprint density at radius 3 is 2.75 bits per heavy atom. The summed E-state index contributed by atoms with van der Waals surface area (Å²) < 4.78 is 16.3. The number of hydrogen-bond donors (Lipinski definition) is 1. The Balaban J connectivity index is 1.78. The van der Waals surface area contributed by atoms with E-state index in [0.717, 1.165) is 37.6 Å². The quantitative estimate of drug-likeness (QED) is 0.905. The molecule has 1 fully saturated rings. The van der Waals surface area contributed by atoms with Gasteiger partial charge in [-0.3, -0.25) is 4.90 Å². The van der Waals surface area contributed by atoms with Crippen molar-refractivity contribution in [3.05, 3.63) is 23.8 Å². The van der Waals surface area contributed by atoms with Gasteiger partial charge in [0.05, 0.1) is 0 Å². The Hall–Kier alpha value is -1.30. The van der Waals surface area contributed by atoms with Crippen molar-refractivity contribution in [2.75, 3.05) is 33.6 Å². The fraction of sp³-hybridized carbons (Fsp3) is 0.600. The minimum atomic E-state index is 0.201. The number of hydrogen-bond acceptors (Lipinski definition) is 5. The summed E-state index contributed by atoms with van der Waals surface area (Å²) in [7, 11) is 2.15. The van der Waals surface area contributed by atoms with E-state index in [1.54, 1.807) is 0 Å². The van der Waals surface area contributed by atoms with Crippen molar-refractivity contribution < 1.29 is 14.2 Å². The van der Waals surface area contributed by atoms with Gasteiger partial charge in [-0.15, -0.1) is 0 Å². The Morgan fingerprint density at radius 1 is 1.25 bits per heavy atom. The van der Waals surface area contributed by atoms with E-state index in [2.05, 4.69) is 24.1 Å². The largest absolute Gasteiger partial charge is 0.454 e. The molecule has 0 amide bonds. The molecule has 1 aromatic carbocycles. The smallest absolute Gasteiger partial charge is 0.231 e. The third-order valence-corrected chi connectivity index (χ3v) is 4.26. The molecule has 2 N–H and O–H groups in total. The van der Waals surface area contributed by atoms with Gasteiger partial charge in [0, 0.05) is 31.8 Å². The molecule has 3 rings (SSSR count). The van der Waals surface area contributed by atoms with E-state index in [1.165, 1.54) is 5.56 Å². The fourth-order valence-corrected chi connectivity index (χ4v) is 3.00. The van der Waals surface area contributed by atoms with Crippen LogP contribution in [-0.4, -0.2) is 44.5 Å². The molecule has 5 nitrogen and oxygen atoms in total. The molecule has 1 saturated heterocycles. The summed E-state index contributed by atoms with van der Waals surface area (Å²) >= 11 is 0. The van der Waals surface area contributed by atoms with Crippen LogP contribution in [-0.2, 0) is 4.74 Å². The van der Waals surface area contributed by atoms with Crippen molar-refractivity contribution in [3.8, 4) is 11.5 Å². The molecule has 1 unspecified atom stereocenters. The Labute approximate surface area is 119 Å². The second-order valence-corrected chi connectivity index (χ2v) is 5.37. The highest BCUT2D eigenvalue weighted by Crippen LogP contribution is 2.35. The maximum atomic E-state index is 6.01. The maximum absolute atomic E-state index is 6.01. The molecule has 20 heavy (non-hydrogen) atoms. The van der Waals surface area contributed by atoms with Crippen LogP contribution in [0.5, 0.6) is 11.5 Å². The number of ether oxygens (including phenoxy) is 3. The maximum Gasteiger partial charge on any atom is 0.231 e. The molecule has 1 aromatic rings. The van der Waals surface area contributed by atoms with Crippen molar-refractivity contribution in [1.82, 2.24) is 4.90 Å². The fourth-order valence-electron chi connectivity index (χ4n) is 3.00. The van der Waals surface area contributed by atoms with Gasteiger partial charge in [0.1, 0.15) is 0 Å². The van der Waals surface area contributed by atoms with Gasteiger partial charge in [-0.1, -0.05) is 6.07 Å². The van der Waals surface area contributed by atoms with Gasteiger partial charge >= 0.3 is 0 Å². The lowest BCUT2D eigenvalue weighted by Crippen LogP contribution is -2.41. The van der Waals surface area contributed by atoms with Crippen LogP contribution < -0.4 is 15.2 Å². The normalized spacial score (nSPS) is 20.4. The standard InChI is InChI=1S/C15H22N2O3/c1-17(12-4-6-18-7-5-12)13(9-16)11-2-3-14-15(8-11)20-10-19-14/h2-3,8,12-13H,4-7,9-10,16H2,1H3. The van der Waals surface area contributed by atoms with Crippen LogP contribution in [0, 0.1) is 0 Å². The Morgan fingerprint density at radius 2 is 2.00 bits per heavy atom. The van der Waals surface area contributed by atoms with E-state index in [0.29, 0.717) is 19.4 Å². The van der Waals surface area contributed by atoms with Crippen molar-refractivity contribution >= 4 is 0 Å². The predicted molar refractivity (Wildman–Crippen MR) is 76.0 cm³/mol. The van der Waals surface area contributed by atoms with Gasteiger partial charge in [0.2, 0.25) is 6.79 Å². The number of rotatable bonds is 4. The van der Waals surface area contributed by atoms with Crippen molar-refractivity contribution in [1.29, 1.82) is 0 Å². The van der Waals surface area contributed by atoms with E-state index < -0.39 is 0 Å². The van der Waals surface area contributed by atoms with E-state index in [-0.39, 0.29) is 6.04 Å². The molecule has 110 valence electrons. The average molecular weight is 278 g/mol. The summed E-state index contributed by atoms with van der Waals surface area (Å²) in [6.45, 7) is 2.58. The van der Waals surface area contributed by atoms with Gasteiger partial charge in [0.15, 0.2) is 11.5 Å². The highest BCUT2D eigenvalue weighted by atomic mass is 16.7. The molecule has 0 saturated carbocycles. The number of nitrogens with two attached hydrogens (primary N) is 1. The van der Waals surface area contributed by atoms with E-state index in [9.17, 15) is 0 Å². The second-order valence-electron chi connectivity index (χ2n) is 5.37. The SMILES string of the molecule is CN(C1CCOCC1)C(CN)c1ccc2c(c1)OCO2. The highest BCUT2D eigenvalue weighted by Gasteiger charge is 2.26. The summed E-state index contributed by atoms with van der Waals surface area (Å²) in [5.41, 5.74) is 7.20. The molecule has 5 heteroatoms. The number of nitrogens with zero attached hydrogens (tertiary/aromatic N) is 1. The first-order chi connectivity index (χ1) is 9.79. The third kappa shape index (κ3) is 2.61. The second kappa shape index (κ2) is 5.99. The molecule has 2 heterocycles. The van der Waals surface area contributed by atoms with Gasteiger partial charge in [0.25, 0.3) is 0 Å². The molecular formula is C15H22N2O3. The summed E-state index contributed by atoms with van der Waals surface area (Å²) in [5, 5.41) is 0. The minimum Gasteiger partial charge on any atom is -0.454 e. The first-order valence-electron chi connectivity index (χ1n) is 7.19. The Kier molecular flexibility index (Phi) is 4.10. The van der Waals surface area contributed by atoms with Crippen LogP contribution in [0.25, 0.3) is 0 Å². The minimum absolute atomic E-state index is 0.201. The lowest BCUT2D eigenvalue weighted by Gasteiger charge is -2.37. The van der Waals surface area contributed by atoms with Crippen LogP contribution in [0.2, 0.25) is 0 Å². The molecule has 0 aliphatic carbocycles. The summed E-state index contributed by atoms with van der Waals surface area (Å²) in [4.78, 5) is 2.38. The summed E-state index contributed by atoms with van der Waals surface area (Å²) in [6, 6.07) is 6.84. The lowest BCUT2D eigenvalue weighted by molar-refractivity contribution is 0.0293. The molecule has 0 aromatic heterocycles. The van der Waals surface area contributed by atoms with Crippen LogP contribution in [0.1, 0.15) is 24.4 Å². The molecule has 1 atom stereocenters. The van der Waals surface area contributed by atoms with Gasteiger partial charge in [-0.2, -0.15) is 0 Å². The molecule has 2 aliphatic heterocycles. The van der Waals surface area contributed by atoms with Crippen LogP contribution in [0.4, 0.5) is 0 Å². The van der Waals surface area contributed by atoms with E-state index in [1.807, 2.05) is 6.07 Å². The van der Waals surface area contributed by atoms with Crippen LogP contribution in [0.3, 0.4) is 0 Å². The van der Waals surface area contributed by atoms with Crippen molar-refractivity contribution in [3.63, 3.8) is 0 Å². The molecular weight excluding hydrogens is 256 g/mol. The van der Waals surface area contributed by atoms with Gasteiger partial charge in [-0.05, 0) is 37.6 Å². The topological polar surface area (TPSA) is 57.0 Å². The molecule has 0 bridgehead atoms. The van der Waals surface area contributed by atoms with Crippen molar-refractivity contribution in [2.45, 2.75) is 24.9 Å². The summed E-state index contributed by atoms with van der Waals surface area (Å²) in [5.74, 6) is 1.64. The molecule has 0 radical (unpaired) electrons. The van der Waals surface area contributed by atoms with Gasteiger partial charge < -0.3 is 19.9 Å². The molecule has 0 spiro atoms. The first kappa shape index (κ1) is 13.7. The van der Waals surface area contributed by atoms with E-state index >= 15 is 0 Å². The third-order valence-electron chi connectivity index (χ3n) is 4.26. The number of fused-ring (bicyclic) bond motifs is 1. The van der Waals surface area contributed by atoms with E-state index in [4.69, 9.17) is 19.9 Å². The monoisotopic (exact) mass is 278 g/mol. The van der Waals surface area contributed by atoms with Crippen LogP contribution in [0.15, 0.2) is 18.2 Å². The summed E-state index contributed by atoms with van der Waals surface area (Å²) in [6.07, 6.45) is 2.13. The van der Waals surface area contributed by atoms with Crippen LogP contribution >= 0.6 is 0 Å². The number of benzene rings is 1. The zero-order chi connectivity index (χ0) is 13.9. The zero-order valence-corrected chi connectivity index (χ0v) is 11.9. The van der Waals surface area contributed by atoms with Crippen molar-refractivity contribution in [2.24, 2.45) is 5.73 Å². The predicted octanol–water partition coefficient (Wildman–Crippen LogP) is 1.53. The lowest BCUT2D eigenvalue weighted by atomic mass is 10.00. The highest BCUT2D eigenvalue weighted by molar-refractivity contribution is 5.45. The first-order valence-corrected chi connectivity index (χ1v) is 7.19. The number of likely N-dealkylation sites (N-methyl/N-ethyl adjacent to an activating group) is 1.